The van der Waals surface area contributed by atoms with E-state index in [9.17, 15) is 19.7 Å². The van der Waals surface area contributed by atoms with Gasteiger partial charge in [0.2, 0.25) is 5.91 Å². The number of nitrogens with zero attached hydrogens (tertiary/aromatic N) is 3. The number of nitrogens with one attached hydrogen (secondary N) is 2. The molecule has 184 valence electrons. The van der Waals surface area contributed by atoms with Crippen LogP contribution in [0, 0.1) is 10.1 Å². The number of ether oxygens (including phenoxy) is 3. The molecule has 0 aliphatic carbocycles. The smallest absolute Gasteiger partial charge is 0.286 e. The highest BCUT2D eigenvalue weighted by atomic mass is 16.6. The lowest BCUT2D eigenvalue weighted by Crippen LogP contribution is -2.24. The molecular weight excluding hydrogens is 458 g/mol. The molecule has 3 aromatic rings. The van der Waals surface area contributed by atoms with Crippen molar-refractivity contribution < 1.29 is 28.7 Å². The molecule has 12 nitrogen and oxygen atoms in total. The van der Waals surface area contributed by atoms with Gasteiger partial charge in [-0.05, 0) is 23.8 Å². The fraction of sp³-hybridized carbons (Fsp3) is 0.261. The number of aromatic nitrogens is 2. The standard InChI is InChI=1S/C23H25N5O7/c1-33-9-10-35-21-13-19(28(31)32)18(12-20(21)34-2)23(30)24-14-16-5-3-6-17(11-16)26-22(29)15-27-8-4-7-25-27/h3-8,11-13H,9-10,14-15H2,1-2H3,(H,24,30)(H,26,29). The van der Waals surface area contributed by atoms with Crippen LogP contribution >= 0.6 is 0 Å². The number of nitro groups is 1. The third kappa shape index (κ3) is 7.01. The summed E-state index contributed by atoms with van der Waals surface area (Å²) in [6.07, 6.45) is 3.26. The van der Waals surface area contributed by atoms with Gasteiger partial charge >= 0.3 is 0 Å². The van der Waals surface area contributed by atoms with Crippen molar-refractivity contribution in [3.8, 4) is 11.5 Å². The first kappa shape index (κ1) is 25.2. The SMILES string of the molecule is COCCOc1cc([N+](=O)[O-])c(C(=O)NCc2cccc(NC(=O)Cn3cccn3)c2)cc1OC. The van der Waals surface area contributed by atoms with Gasteiger partial charge in [-0.1, -0.05) is 12.1 Å². The van der Waals surface area contributed by atoms with E-state index >= 15 is 0 Å². The zero-order chi connectivity index (χ0) is 25.2. The van der Waals surface area contributed by atoms with Gasteiger partial charge in [0.15, 0.2) is 11.5 Å². The number of anilines is 1. The molecule has 1 aromatic heterocycles. The molecule has 1 heterocycles. The van der Waals surface area contributed by atoms with E-state index in [1.54, 1.807) is 42.7 Å². The zero-order valence-corrected chi connectivity index (χ0v) is 19.2. The molecular formula is C23H25N5O7. The highest BCUT2D eigenvalue weighted by molar-refractivity contribution is 5.99. The normalized spacial score (nSPS) is 10.5. The van der Waals surface area contributed by atoms with Gasteiger partial charge < -0.3 is 24.8 Å². The maximum atomic E-state index is 12.8. The Hall–Kier alpha value is -4.45. The van der Waals surface area contributed by atoms with Crippen molar-refractivity contribution in [1.82, 2.24) is 15.1 Å². The fourth-order valence-corrected chi connectivity index (χ4v) is 3.17. The second kappa shape index (κ2) is 12.1. The number of amides is 2. The van der Waals surface area contributed by atoms with Gasteiger partial charge in [0.05, 0.1) is 24.7 Å². The summed E-state index contributed by atoms with van der Waals surface area (Å²) in [4.78, 5) is 35.9. The fourth-order valence-electron chi connectivity index (χ4n) is 3.17. The van der Waals surface area contributed by atoms with E-state index in [-0.39, 0.29) is 49.3 Å². The molecule has 35 heavy (non-hydrogen) atoms. The van der Waals surface area contributed by atoms with Gasteiger partial charge in [0.1, 0.15) is 18.7 Å². The number of nitro benzene ring substituents is 1. The van der Waals surface area contributed by atoms with Gasteiger partial charge in [0.25, 0.3) is 11.6 Å². The monoisotopic (exact) mass is 483 g/mol. The first-order valence-electron chi connectivity index (χ1n) is 10.5. The Labute approximate surface area is 200 Å². The van der Waals surface area contributed by atoms with Crippen LogP contribution in [-0.2, 0) is 22.6 Å². The lowest BCUT2D eigenvalue weighted by molar-refractivity contribution is -0.385. The number of hydrogen-bond acceptors (Lipinski definition) is 8. The molecule has 2 aromatic carbocycles. The molecule has 2 amide bonds. The van der Waals surface area contributed by atoms with Crippen molar-refractivity contribution >= 4 is 23.2 Å². The average molecular weight is 483 g/mol. The van der Waals surface area contributed by atoms with Gasteiger partial charge in [-0.15, -0.1) is 0 Å². The Morgan fingerprint density at radius 2 is 1.94 bits per heavy atom. The van der Waals surface area contributed by atoms with Gasteiger partial charge in [-0.25, -0.2) is 0 Å². The summed E-state index contributed by atoms with van der Waals surface area (Å²) < 4.78 is 17.1. The lowest BCUT2D eigenvalue weighted by atomic mass is 10.1. The number of rotatable bonds is 12. The minimum Gasteiger partial charge on any atom is -0.493 e. The van der Waals surface area contributed by atoms with E-state index in [0.29, 0.717) is 11.3 Å². The van der Waals surface area contributed by atoms with E-state index in [2.05, 4.69) is 15.7 Å². The maximum absolute atomic E-state index is 12.8. The summed E-state index contributed by atoms with van der Waals surface area (Å²) >= 11 is 0. The highest BCUT2D eigenvalue weighted by Crippen LogP contribution is 2.34. The minimum absolute atomic E-state index is 0.0602. The van der Waals surface area contributed by atoms with Gasteiger partial charge in [-0.3, -0.25) is 24.4 Å². The molecule has 0 unspecified atom stereocenters. The van der Waals surface area contributed by atoms with Crippen molar-refractivity contribution in [2.75, 3.05) is 32.8 Å². The molecule has 0 radical (unpaired) electrons. The highest BCUT2D eigenvalue weighted by Gasteiger charge is 2.24. The summed E-state index contributed by atoms with van der Waals surface area (Å²) in [7, 11) is 2.87. The molecule has 0 saturated heterocycles. The van der Waals surface area contributed by atoms with Crippen molar-refractivity contribution in [1.29, 1.82) is 0 Å². The summed E-state index contributed by atoms with van der Waals surface area (Å²) in [6.45, 7) is 0.574. The van der Waals surface area contributed by atoms with Crippen molar-refractivity contribution in [2.45, 2.75) is 13.1 Å². The Kier molecular flexibility index (Phi) is 8.73. The maximum Gasteiger partial charge on any atom is 0.286 e. The minimum atomic E-state index is -0.661. The van der Waals surface area contributed by atoms with E-state index in [0.717, 1.165) is 6.07 Å². The summed E-state index contributed by atoms with van der Waals surface area (Å²) in [5.74, 6) is -0.609. The van der Waals surface area contributed by atoms with Crippen LogP contribution in [0.2, 0.25) is 0 Å². The van der Waals surface area contributed by atoms with Crippen molar-refractivity contribution in [2.24, 2.45) is 0 Å². The topological polar surface area (TPSA) is 147 Å². The van der Waals surface area contributed by atoms with Crippen LogP contribution in [0.15, 0.2) is 54.9 Å². The van der Waals surface area contributed by atoms with Crippen molar-refractivity contribution in [3.63, 3.8) is 0 Å². The molecule has 2 N–H and O–H groups in total. The number of methoxy groups -OCH3 is 2. The second-order valence-electron chi connectivity index (χ2n) is 7.25. The summed E-state index contributed by atoms with van der Waals surface area (Å²) in [6, 6.07) is 11.0. The van der Waals surface area contributed by atoms with Gasteiger partial charge in [-0.2, -0.15) is 5.10 Å². The van der Waals surface area contributed by atoms with Crippen molar-refractivity contribution in [3.05, 3.63) is 76.1 Å². The van der Waals surface area contributed by atoms with Crippen LogP contribution in [0.4, 0.5) is 11.4 Å². The molecule has 0 aliphatic heterocycles. The van der Waals surface area contributed by atoms with Crippen LogP contribution in [0.25, 0.3) is 0 Å². The van der Waals surface area contributed by atoms with E-state index in [1.807, 2.05) is 0 Å². The number of benzene rings is 2. The first-order chi connectivity index (χ1) is 16.9. The molecule has 0 fully saturated rings. The lowest BCUT2D eigenvalue weighted by Gasteiger charge is -2.13. The van der Waals surface area contributed by atoms with Crippen LogP contribution < -0.4 is 20.1 Å². The number of carbonyl (C=O) groups is 2. The van der Waals surface area contributed by atoms with E-state index < -0.39 is 16.5 Å². The Morgan fingerprint density at radius 1 is 1.11 bits per heavy atom. The first-order valence-corrected chi connectivity index (χ1v) is 10.5. The summed E-state index contributed by atoms with van der Waals surface area (Å²) in [5.41, 5.74) is 0.633. The Balaban J connectivity index is 1.69. The van der Waals surface area contributed by atoms with Crippen LogP contribution in [0.1, 0.15) is 15.9 Å². The number of hydrogen-bond donors (Lipinski definition) is 2. The molecule has 0 bridgehead atoms. The molecule has 3 rings (SSSR count). The zero-order valence-electron chi connectivity index (χ0n) is 19.2. The van der Waals surface area contributed by atoms with Crippen LogP contribution in [0.5, 0.6) is 11.5 Å². The predicted octanol–water partition coefficient (Wildman–Crippen LogP) is 2.39. The molecule has 12 heteroatoms. The molecule has 0 spiro atoms. The Morgan fingerprint density at radius 3 is 2.63 bits per heavy atom. The third-order valence-corrected chi connectivity index (χ3v) is 4.80. The third-order valence-electron chi connectivity index (χ3n) is 4.80. The van der Waals surface area contributed by atoms with E-state index in [4.69, 9.17) is 14.2 Å². The predicted molar refractivity (Wildman–Crippen MR) is 125 cm³/mol. The molecule has 0 atom stereocenters. The molecule has 0 saturated carbocycles. The number of carbonyl (C=O) groups excluding carboxylic acids is 2. The quantitative estimate of drug-likeness (QED) is 0.227. The van der Waals surface area contributed by atoms with Crippen LogP contribution in [-0.4, -0.2) is 54.0 Å². The van der Waals surface area contributed by atoms with Gasteiger partial charge in [0, 0.05) is 37.8 Å². The van der Waals surface area contributed by atoms with E-state index in [1.165, 1.54) is 25.0 Å². The second-order valence-corrected chi connectivity index (χ2v) is 7.25. The average Bonchev–Trinajstić information content (AvgIpc) is 3.35. The molecule has 0 aliphatic rings. The summed E-state index contributed by atoms with van der Waals surface area (Å²) in [5, 5.41) is 21.0. The largest absolute Gasteiger partial charge is 0.493 e. The van der Waals surface area contributed by atoms with Crippen LogP contribution in [0.3, 0.4) is 0 Å². The Bertz CT molecular complexity index is 1180.